The van der Waals surface area contributed by atoms with Gasteiger partial charge in [0.1, 0.15) is 24.2 Å². The fraction of sp³-hybridized carbons (Fsp3) is 0.394. The Bertz CT molecular complexity index is 1140. The Balaban J connectivity index is 1.45. The molecule has 3 rings (SSSR count). The molecule has 39 heavy (non-hydrogen) atoms. The second kappa shape index (κ2) is 16.6. The number of carbonyl (C=O) groups is 2. The van der Waals surface area contributed by atoms with E-state index in [2.05, 4.69) is 0 Å². The number of aliphatic hydroxyl groups is 2. The minimum Gasteiger partial charge on any atom is -0.490 e. The SMILES string of the molecule is CCCN(CC(O)COc1ccccc1C(=O)CCc1ccccc1)CC(O)CC(=O)CCc1ccccc1. The average molecular weight is 532 g/mol. The lowest BCUT2D eigenvalue weighted by atomic mass is 10.0. The van der Waals surface area contributed by atoms with E-state index < -0.39 is 12.2 Å². The van der Waals surface area contributed by atoms with Gasteiger partial charge in [0, 0.05) is 32.4 Å². The molecule has 0 saturated heterocycles. The molecule has 0 aliphatic heterocycles. The van der Waals surface area contributed by atoms with Gasteiger partial charge in [0.25, 0.3) is 0 Å². The minimum absolute atomic E-state index is 0.00314. The van der Waals surface area contributed by atoms with Crippen molar-refractivity contribution in [2.24, 2.45) is 0 Å². The summed E-state index contributed by atoms with van der Waals surface area (Å²) in [7, 11) is 0. The van der Waals surface area contributed by atoms with E-state index in [-0.39, 0.29) is 24.6 Å². The van der Waals surface area contributed by atoms with Crippen LogP contribution in [0.2, 0.25) is 0 Å². The number of ether oxygens (including phenoxy) is 1. The number of rotatable bonds is 18. The van der Waals surface area contributed by atoms with Gasteiger partial charge >= 0.3 is 0 Å². The molecule has 0 aliphatic carbocycles. The van der Waals surface area contributed by atoms with Crippen LogP contribution in [0, 0.1) is 0 Å². The highest BCUT2D eigenvalue weighted by Gasteiger charge is 2.19. The van der Waals surface area contributed by atoms with Crippen LogP contribution in [0.5, 0.6) is 5.75 Å². The number of hydrogen-bond acceptors (Lipinski definition) is 6. The van der Waals surface area contributed by atoms with Crippen molar-refractivity contribution < 1.29 is 24.5 Å². The Kier molecular flexibility index (Phi) is 12.9. The van der Waals surface area contributed by atoms with Crippen molar-refractivity contribution in [2.75, 3.05) is 26.2 Å². The summed E-state index contributed by atoms with van der Waals surface area (Å²) in [4.78, 5) is 27.2. The van der Waals surface area contributed by atoms with E-state index >= 15 is 0 Å². The van der Waals surface area contributed by atoms with Crippen molar-refractivity contribution in [3.8, 4) is 5.75 Å². The Labute approximate surface area is 232 Å². The first-order valence-corrected chi connectivity index (χ1v) is 13.9. The van der Waals surface area contributed by atoms with Crippen LogP contribution in [0.4, 0.5) is 0 Å². The van der Waals surface area contributed by atoms with Gasteiger partial charge in [-0.1, -0.05) is 79.7 Å². The van der Waals surface area contributed by atoms with Gasteiger partial charge in [-0.3, -0.25) is 14.5 Å². The summed E-state index contributed by atoms with van der Waals surface area (Å²) in [6.45, 7) is 3.34. The van der Waals surface area contributed by atoms with Crippen LogP contribution in [0.15, 0.2) is 84.9 Å². The topological polar surface area (TPSA) is 87.1 Å². The largest absolute Gasteiger partial charge is 0.490 e. The highest BCUT2D eigenvalue weighted by atomic mass is 16.5. The van der Waals surface area contributed by atoms with E-state index in [0.29, 0.717) is 56.6 Å². The molecule has 0 saturated carbocycles. The van der Waals surface area contributed by atoms with E-state index in [0.717, 1.165) is 17.5 Å². The number of Topliss-reactive ketones (excluding diaryl/α,β-unsaturated/α-hetero) is 2. The van der Waals surface area contributed by atoms with Crippen LogP contribution in [0.1, 0.15) is 54.1 Å². The zero-order chi connectivity index (χ0) is 27.9. The normalized spacial score (nSPS) is 12.7. The van der Waals surface area contributed by atoms with E-state index in [9.17, 15) is 19.8 Å². The first kappa shape index (κ1) is 30.2. The number of nitrogens with zero attached hydrogens (tertiary/aromatic N) is 1. The minimum atomic E-state index is -0.815. The average Bonchev–Trinajstić information content (AvgIpc) is 2.95. The lowest BCUT2D eigenvalue weighted by Gasteiger charge is -2.27. The van der Waals surface area contributed by atoms with Gasteiger partial charge in [-0.05, 0) is 49.1 Å². The number of hydrogen-bond donors (Lipinski definition) is 2. The van der Waals surface area contributed by atoms with Gasteiger partial charge in [-0.2, -0.15) is 0 Å². The maximum Gasteiger partial charge on any atom is 0.166 e. The molecule has 0 spiro atoms. The lowest BCUT2D eigenvalue weighted by Crippen LogP contribution is -2.41. The predicted octanol–water partition coefficient (Wildman–Crippen LogP) is 4.91. The first-order chi connectivity index (χ1) is 18.9. The molecule has 0 amide bonds. The summed E-state index contributed by atoms with van der Waals surface area (Å²) in [6.07, 6.45) is 1.42. The second-order valence-electron chi connectivity index (χ2n) is 10.0. The van der Waals surface area contributed by atoms with Gasteiger partial charge in [-0.15, -0.1) is 0 Å². The third-order valence-corrected chi connectivity index (χ3v) is 6.58. The second-order valence-corrected chi connectivity index (χ2v) is 10.0. The van der Waals surface area contributed by atoms with Crippen molar-refractivity contribution in [2.45, 2.75) is 57.7 Å². The summed E-state index contributed by atoms with van der Waals surface area (Å²) in [5, 5.41) is 21.2. The van der Waals surface area contributed by atoms with Crippen LogP contribution in [-0.4, -0.2) is 65.1 Å². The molecule has 6 heteroatoms. The third-order valence-electron chi connectivity index (χ3n) is 6.58. The van der Waals surface area contributed by atoms with Crippen LogP contribution >= 0.6 is 0 Å². The van der Waals surface area contributed by atoms with Crippen LogP contribution in [0.3, 0.4) is 0 Å². The molecule has 6 nitrogen and oxygen atoms in total. The number of aliphatic hydroxyl groups excluding tert-OH is 2. The van der Waals surface area contributed by atoms with Crippen molar-refractivity contribution in [1.29, 1.82) is 0 Å². The third kappa shape index (κ3) is 11.1. The first-order valence-electron chi connectivity index (χ1n) is 13.9. The van der Waals surface area contributed by atoms with Gasteiger partial charge < -0.3 is 14.9 Å². The number of aryl methyl sites for hydroxylation is 2. The number of benzene rings is 3. The van der Waals surface area contributed by atoms with E-state index in [4.69, 9.17) is 4.74 Å². The van der Waals surface area contributed by atoms with Crippen molar-refractivity contribution in [3.63, 3.8) is 0 Å². The molecule has 2 unspecified atom stereocenters. The number of carbonyl (C=O) groups excluding carboxylic acids is 2. The molecule has 0 bridgehead atoms. The monoisotopic (exact) mass is 531 g/mol. The summed E-state index contributed by atoms with van der Waals surface area (Å²) < 4.78 is 5.88. The van der Waals surface area contributed by atoms with Crippen LogP contribution in [-0.2, 0) is 17.6 Å². The summed E-state index contributed by atoms with van der Waals surface area (Å²) in [5.41, 5.74) is 2.72. The highest BCUT2D eigenvalue weighted by Crippen LogP contribution is 2.21. The highest BCUT2D eigenvalue weighted by molar-refractivity contribution is 5.98. The zero-order valence-corrected chi connectivity index (χ0v) is 22.9. The van der Waals surface area contributed by atoms with Gasteiger partial charge in [0.05, 0.1) is 11.7 Å². The van der Waals surface area contributed by atoms with Crippen LogP contribution in [0.25, 0.3) is 0 Å². The molecule has 3 aromatic carbocycles. The molecule has 0 aliphatic rings. The fourth-order valence-corrected chi connectivity index (χ4v) is 4.63. The van der Waals surface area contributed by atoms with Gasteiger partial charge in [0.2, 0.25) is 0 Å². The molecule has 0 radical (unpaired) electrons. The zero-order valence-electron chi connectivity index (χ0n) is 22.9. The molecule has 0 fully saturated rings. The molecule has 0 heterocycles. The molecule has 2 atom stereocenters. The Morgan fingerprint density at radius 2 is 1.33 bits per heavy atom. The Morgan fingerprint density at radius 3 is 1.97 bits per heavy atom. The molecule has 0 aromatic heterocycles. The summed E-state index contributed by atoms with van der Waals surface area (Å²) in [5.74, 6) is 0.484. The summed E-state index contributed by atoms with van der Waals surface area (Å²) in [6, 6.07) is 26.9. The predicted molar refractivity (Wildman–Crippen MR) is 154 cm³/mol. The van der Waals surface area contributed by atoms with E-state index in [1.54, 1.807) is 12.1 Å². The molecule has 3 aromatic rings. The standard InChI is InChI=1S/C33H41NO5/c1-2-21-34(23-29(36)22-28(35)19-17-26-11-5-3-6-12-26)24-30(37)25-39-33-16-10-9-15-31(33)32(38)20-18-27-13-7-4-8-14-27/h3-16,29-30,36-37H,2,17-25H2,1H3. The lowest BCUT2D eigenvalue weighted by molar-refractivity contribution is -0.121. The summed E-state index contributed by atoms with van der Waals surface area (Å²) >= 11 is 0. The van der Waals surface area contributed by atoms with E-state index in [1.807, 2.05) is 84.6 Å². The van der Waals surface area contributed by atoms with Gasteiger partial charge in [-0.25, -0.2) is 0 Å². The molecule has 208 valence electrons. The van der Waals surface area contributed by atoms with Crippen molar-refractivity contribution >= 4 is 11.6 Å². The molecular weight excluding hydrogens is 490 g/mol. The van der Waals surface area contributed by atoms with Crippen molar-refractivity contribution in [3.05, 3.63) is 102 Å². The smallest absolute Gasteiger partial charge is 0.166 e. The fourth-order valence-electron chi connectivity index (χ4n) is 4.63. The van der Waals surface area contributed by atoms with Crippen molar-refractivity contribution in [1.82, 2.24) is 4.90 Å². The van der Waals surface area contributed by atoms with Crippen LogP contribution < -0.4 is 4.74 Å². The Morgan fingerprint density at radius 1 is 0.769 bits per heavy atom. The Hall–Kier alpha value is -3.32. The maximum absolute atomic E-state index is 12.9. The van der Waals surface area contributed by atoms with Gasteiger partial charge in [0.15, 0.2) is 5.78 Å². The molecular formula is C33H41NO5. The maximum atomic E-state index is 12.9. The number of ketones is 2. The van der Waals surface area contributed by atoms with E-state index in [1.165, 1.54) is 0 Å². The molecule has 2 N–H and O–H groups in total. The quantitative estimate of drug-likeness (QED) is 0.227. The number of para-hydroxylation sites is 1.